The molecule has 0 aliphatic carbocycles. The average molecular weight is 428 g/mol. The number of aromatic nitrogens is 1. The number of carbonyl (C=O) groups is 1. The number of hydrogen-bond donors (Lipinski definition) is 1. The van der Waals surface area contributed by atoms with Gasteiger partial charge in [-0.15, -0.1) is 0 Å². The van der Waals surface area contributed by atoms with Crippen LogP contribution in [0.25, 0.3) is 5.69 Å². The van der Waals surface area contributed by atoms with Crippen LogP contribution in [0.15, 0.2) is 91.1 Å². The lowest BCUT2D eigenvalue weighted by molar-refractivity contribution is 0.194. The van der Waals surface area contributed by atoms with Crippen LogP contribution in [-0.4, -0.2) is 15.5 Å². The molecular weight excluding hydrogens is 406 g/mol. The van der Waals surface area contributed by atoms with Gasteiger partial charge in [0.2, 0.25) is 0 Å². The van der Waals surface area contributed by atoms with Crippen LogP contribution in [0.4, 0.5) is 10.5 Å². The van der Waals surface area contributed by atoms with Crippen LogP contribution < -0.4 is 5.32 Å². The Kier molecular flexibility index (Phi) is 5.00. The minimum Gasteiger partial charge on any atom is -0.318 e. The number of fused-ring (bicyclic) bond motifs is 3. The molecule has 4 aromatic rings. The Balaban J connectivity index is 1.62. The monoisotopic (exact) mass is 427 g/mol. The molecule has 5 heteroatoms. The topological polar surface area (TPSA) is 37.3 Å². The van der Waals surface area contributed by atoms with Gasteiger partial charge in [0, 0.05) is 22.6 Å². The van der Waals surface area contributed by atoms with E-state index in [9.17, 15) is 4.79 Å². The molecule has 1 atom stereocenters. The molecule has 0 radical (unpaired) electrons. The summed E-state index contributed by atoms with van der Waals surface area (Å²) in [6.07, 6.45) is 2.07. The molecule has 1 aromatic heterocycles. The van der Waals surface area contributed by atoms with Gasteiger partial charge in [0.25, 0.3) is 0 Å². The molecule has 0 bridgehead atoms. The van der Waals surface area contributed by atoms with Crippen LogP contribution in [0, 0.1) is 6.92 Å². The first-order valence-electron chi connectivity index (χ1n) is 10.3. The number of halogens is 1. The van der Waals surface area contributed by atoms with Gasteiger partial charge < -0.3 is 14.8 Å². The number of nitrogens with zero attached hydrogens (tertiary/aromatic N) is 2. The van der Waals surface area contributed by atoms with Crippen LogP contribution in [0.5, 0.6) is 0 Å². The summed E-state index contributed by atoms with van der Waals surface area (Å²) in [7, 11) is 0. The normalized spacial score (nSPS) is 15.0. The number of carbonyl (C=O) groups excluding carboxylic acids is 1. The minimum atomic E-state index is -0.227. The van der Waals surface area contributed by atoms with Gasteiger partial charge in [0.15, 0.2) is 0 Å². The van der Waals surface area contributed by atoms with Crippen molar-refractivity contribution in [3.05, 3.63) is 119 Å². The van der Waals surface area contributed by atoms with Crippen molar-refractivity contribution in [2.75, 3.05) is 5.32 Å². The maximum Gasteiger partial charge on any atom is 0.322 e. The van der Waals surface area contributed by atoms with Gasteiger partial charge in [-0.05, 0) is 60.5 Å². The van der Waals surface area contributed by atoms with Crippen molar-refractivity contribution in [1.29, 1.82) is 0 Å². The standard InChI is InChI=1S/C26H22ClN3O/c1-18-8-10-19(11-9-18)25-24-7-4-16-29(24)23-6-3-2-5-20(23)17-30(25)26(31)28-22-14-12-21(27)13-15-22/h2-16,25H,17H2,1H3,(H,28,31)/t25-/m1/s1. The summed E-state index contributed by atoms with van der Waals surface area (Å²) in [6.45, 7) is 2.57. The van der Waals surface area contributed by atoms with E-state index in [0.29, 0.717) is 17.3 Å². The Morgan fingerprint density at radius 3 is 2.45 bits per heavy atom. The summed E-state index contributed by atoms with van der Waals surface area (Å²) in [5, 5.41) is 3.69. The van der Waals surface area contributed by atoms with E-state index in [1.807, 2.05) is 35.2 Å². The van der Waals surface area contributed by atoms with Crippen molar-refractivity contribution in [1.82, 2.24) is 9.47 Å². The van der Waals surface area contributed by atoms with E-state index in [1.54, 1.807) is 12.1 Å². The predicted molar refractivity (Wildman–Crippen MR) is 125 cm³/mol. The van der Waals surface area contributed by atoms with Gasteiger partial charge in [-0.25, -0.2) is 4.79 Å². The second-order valence-electron chi connectivity index (χ2n) is 7.81. The Hall–Kier alpha value is -3.50. The average Bonchev–Trinajstić information content (AvgIpc) is 3.20. The molecule has 0 saturated carbocycles. The summed E-state index contributed by atoms with van der Waals surface area (Å²) in [5.41, 5.74) is 6.23. The molecule has 0 spiro atoms. The molecule has 154 valence electrons. The molecular formula is C26H22ClN3O. The lowest BCUT2D eigenvalue weighted by Crippen LogP contribution is -2.37. The third-order valence-corrected chi connectivity index (χ3v) is 5.97. The highest BCUT2D eigenvalue weighted by molar-refractivity contribution is 6.30. The van der Waals surface area contributed by atoms with E-state index in [2.05, 4.69) is 65.5 Å². The van der Waals surface area contributed by atoms with Crippen molar-refractivity contribution >= 4 is 23.3 Å². The second kappa shape index (κ2) is 7.97. The smallest absolute Gasteiger partial charge is 0.318 e. The first kappa shape index (κ1) is 19.5. The fourth-order valence-corrected chi connectivity index (χ4v) is 4.29. The zero-order chi connectivity index (χ0) is 21.4. The number of urea groups is 1. The predicted octanol–water partition coefficient (Wildman–Crippen LogP) is 6.58. The highest BCUT2D eigenvalue weighted by atomic mass is 35.5. The summed E-state index contributed by atoms with van der Waals surface area (Å²) in [5.74, 6) is 0. The van der Waals surface area contributed by atoms with Gasteiger partial charge in [0.1, 0.15) is 0 Å². The Morgan fingerprint density at radius 1 is 0.935 bits per heavy atom. The van der Waals surface area contributed by atoms with E-state index in [0.717, 1.165) is 22.5 Å². The number of anilines is 1. The van der Waals surface area contributed by atoms with Gasteiger partial charge in [-0.1, -0.05) is 59.6 Å². The number of benzene rings is 3. The molecule has 5 rings (SSSR count). The third kappa shape index (κ3) is 3.71. The molecule has 0 unspecified atom stereocenters. The fourth-order valence-electron chi connectivity index (χ4n) is 4.17. The quantitative estimate of drug-likeness (QED) is 0.385. The van der Waals surface area contributed by atoms with Crippen molar-refractivity contribution in [3.63, 3.8) is 0 Å². The van der Waals surface area contributed by atoms with E-state index in [-0.39, 0.29) is 12.1 Å². The molecule has 31 heavy (non-hydrogen) atoms. The second-order valence-corrected chi connectivity index (χ2v) is 8.25. The molecule has 2 heterocycles. The zero-order valence-electron chi connectivity index (χ0n) is 17.1. The summed E-state index contributed by atoms with van der Waals surface area (Å²) < 4.78 is 2.19. The first-order chi connectivity index (χ1) is 15.1. The highest BCUT2D eigenvalue weighted by Gasteiger charge is 2.32. The largest absolute Gasteiger partial charge is 0.322 e. The highest BCUT2D eigenvalue weighted by Crippen LogP contribution is 2.37. The molecule has 1 aliphatic heterocycles. The number of hydrogen-bond acceptors (Lipinski definition) is 1. The molecule has 1 N–H and O–H groups in total. The maximum atomic E-state index is 13.6. The van der Waals surface area contributed by atoms with Crippen LogP contribution in [0.2, 0.25) is 5.02 Å². The number of aryl methyl sites for hydroxylation is 1. The fraction of sp³-hybridized carbons (Fsp3) is 0.115. The summed E-state index contributed by atoms with van der Waals surface area (Å²) in [4.78, 5) is 15.5. The lowest BCUT2D eigenvalue weighted by atomic mass is 10.0. The van der Waals surface area contributed by atoms with Crippen LogP contribution in [-0.2, 0) is 6.54 Å². The van der Waals surface area contributed by atoms with E-state index >= 15 is 0 Å². The number of para-hydroxylation sites is 1. The van der Waals surface area contributed by atoms with E-state index in [1.165, 1.54) is 5.56 Å². The van der Waals surface area contributed by atoms with Crippen LogP contribution in [0.1, 0.15) is 28.4 Å². The van der Waals surface area contributed by atoms with Crippen LogP contribution >= 0.6 is 11.6 Å². The molecule has 0 saturated heterocycles. The first-order valence-corrected chi connectivity index (χ1v) is 10.6. The Morgan fingerprint density at radius 2 is 1.68 bits per heavy atom. The van der Waals surface area contributed by atoms with Crippen molar-refractivity contribution in [2.24, 2.45) is 0 Å². The molecule has 2 amide bonds. The Labute approximate surface area is 186 Å². The van der Waals surface area contributed by atoms with Gasteiger partial charge in [-0.3, -0.25) is 0 Å². The lowest BCUT2D eigenvalue weighted by Gasteiger charge is -2.31. The van der Waals surface area contributed by atoms with E-state index in [4.69, 9.17) is 11.6 Å². The van der Waals surface area contributed by atoms with Gasteiger partial charge >= 0.3 is 6.03 Å². The SMILES string of the molecule is Cc1ccc([C@@H]2c3cccn3-c3ccccc3CN2C(=O)Nc2ccc(Cl)cc2)cc1. The summed E-state index contributed by atoms with van der Waals surface area (Å²) >= 11 is 6.01. The van der Waals surface area contributed by atoms with Gasteiger partial charge in [-0.2, -0.15) is 0 Å². The molecule has 1 aliphatic rings. The molecule has 4 nitrogen and oxygen atoms in total. The minimum absolute atomic E-state index is 0.155. The molecule has 3 aromatic carbocycles. The zero-order valence-corrected chi connectivity index (χ0v) is 17.9. The molecule has 0 fully saturated rings. The maximum absolute atomic E-state index is 13.6. The Bertz CT molecular complexity index is 1230. The van der Waals surface area contributed by atoms with Gasteiger partial charge in [0.05, 0.1) is 18.3 Å². The number of nitrogens with one attached hydrogen (secondary N) is 1. The van der Waals surface area contributed by atoms with Crippen LogP contribution in [0.3, 0.4) is 0 Å². The van der Waals surface area contributed by atoms with Crippen molar-refractivity contribution < 1.29 is 4.79 Å². The van der Waals surface area contributed by atoms with E-state index < -0.39 is 0 Å². The van der Waals surface area contributed by atoms with Crippen molar-refractivity contribution in [2.45, 2.75) is 19.5 Å². The number of amides is 2. The van der Waals surface area contributed by atoms with Crippen molar-refractivity contribution in [3.8, 4) is 5.69 Å². The number of rotatable bonds is 2. The third-order valence-electron chi connectivity index (χ3n) is 5.71. The summed E-state index contributed by atoms with van der Waals surface area (Å²) in [6, 6.07) is 27.6.